The first-order valence-corrected chi connectivity index (χ1v) is 6.06. The minimum Gasteiger partial charge on any atom is -0.378 e. The van der Waals surface area contributed by atoms with E-state index >= 15 is 0 Å². The minimum atomic E-state index is 0.168. The van der Waals surface area contributed by atoms with E-state index in [9.17, 15) is 0 Å². The third kappa shape index (κ3) is 1.70. The lowest BCUT2D eigenvalue weighted by Gasteiger charge is -2.36. The maximum atomic E-state index is 5.84. The van der Waals surface area contributed by atoms with Gasteiger partial charge in [0.15, 0.2) is 5.17 Å². The second kappa shape index (κ2) is 3.30. The van der Waals surface area contributed by atoms with Gasteiger partial charge < -0.3 is 5.73 Å². The van der Waals surface area contributed by atoms with Crippen LogP contribution in [0.15, 0.2) is 16.3 Å². The summed E-state index contributed by atoms with van der Waals surface area (Å²) in [6.07, 6.45) is 3.62. The normalized spacial score (nSPS) is 31.1. The molecule has 2 nitrogen and oxygen atoms in total. The van der Waals surface area contributed by atoms with Crippen molar-refractivity contribution in [2.24, 2.45) is 16.6 Å². The Hall–Kier alpha value is -0.440. The second-order valence-electron chi connectivity index (χ2n) is 4.84. The van der Waals surface area contributed by atoms with Crippen LogP contribution < -0.4 is 5.73 Å². The Morgan fingerprint density at radius 1 is 1.50 bits per heavy atom. The van der Waals surface area contributed by atoms with Gasteiger partial charge in [0.1, 0.15) is 0 Å². The van der Waals surface area contributed by atoms with Crippen molar-refractivity contribution in [3.8, 4) is 0 Å². The molecule has 2 rings (SSSR count). The van der Waals surface area contributed by atoms with Gasteiger partial charge in [0.05, 0.1) is 0 Å². The zero-order chi connectivity index (χ0) is 10.3. The second-order valence-corrected chi connectivity index (χ2v) is 6.48. The van der Waals surface area contributed by atoms with E-state index in [0.29, 0.717) is 0 Å². The molecule has 0 bridgehead atoms. The fourth-order valence-corrected chi connectivity index (χ4v) is 3.35. The first kappa shape index (κ1) is 10.1. The van der Waals surface area contributed by atoms with Crippen LogP contribution in [0.3, 0.4) is 0 Å². The molecule has 0 spiro atoms. The molecule has 0 aromatic rings. The van der Waals surface area contributed by atoms with E-state index < -0.39 is 0 Å². The molecule has 0 aromatic carbocycles. The molecule has 0 saturated heterocycles. The van der Waals surface area contributed by atoms with Gasteiger partial charge in [0.25, 0.3) is 0 Å². The average molecular weight is 210 g/mol. The topological polar surface area (TPSA) is 38.4 Å². The lowest BCUT2D eigenvalue weighted by molar-refractivity contribution is 0.475. The Kier molecular flexibility index (Phi) is 2.38. The number of nitrogens with two attached hydrogens (primary N) is 1. The first-order valence-electron chi connectivity index (χ1n) is 5.25. The van der Waals surface area contributed by atoms with Gasteiger partial charge in [0.2, 0.25) is 0 Å². The minimum absolute atomic E-state index is 0.168. The SMILES string of the molecule is C[C@@H]1CCC2=C(C1)N=C(N)SC2(C)C. The number of hydrogen-bond donors (Lipinski definition) is 1. The summed E-state index contributed by atoms with van der Waals surface area (Å²) in [6, 6.07) is 0. The molecule has 0 aromatic heterocycles. The molecule has 1 aliphatic carbocycles. The number of amidine groups is 1. The molecule has 2 N–H and O–H groups in total. The standard InChI is InChI=1S/C11H18N2S/c1-7-4-5-8-9(6-7)13-10(12)14-11(8,2)3/h7H,4-6H2,1-3H3,(H2,12,13)/t7-/m1/s1. The van der Waals surface area contributed by atoms with Crippen molar-refractivity contribution >= 4 is 16.9 Å². The van der Waals surface area contributed by atoms with Crippen LogP contribution in [0.1, 0.15) is 40.0 Å². The molecule has 0 unspecified atom stereocenters. The lowest BCUT2D eigenvalue weighted by atomic mass is 9.83. The van der Waals surface area contributed by atoms with E-state index in [2.05, 4.69) is 25.8 Å². The smallest absolute Gasteiger partial charge is 0.159 e. The number of nitrogens with zero attached hydrogens (tertiary/aromatic N) is 1. The zero-order valence-corrected chi connectivity index (χ0v) is 9.95. The van der Waals surface area contributed by atoms with E-state index in [1.807, 2.05) is 0 Å². The molecule has 1 aliphatic heterocycles. The molecule has 2 aliphatic rings. The molecule has 0 radical (unpaired) electrons. The Balaban J connectivity index is 2.38. The van der Waals surface area contributed by atoms with Gasteiger partial charge in [-0.05, 0) is 44.6 Å². The van der Waals surface area contributed by atoms with Crippen LogP contribution in [0.2, 0.25) is 0 Å². The van der Waals surface area contributed by atoms with Gasteiger partial charge in [0, 0.05) is 10.4 Å². The number of allylic oxidation sites excluding steroid dienone is 1. The fourth-order valence-electron chi connectivity index (χ4n) is 2.33. The lowest BCUT2D eigenvalue weighted by Crippen LogP contribution is -2.31. The summed E-state index contributed by atoms with van der Waals surface area (Å²) in [5.41, 5.74) is 8.63. The molecule has 14 heavy (non-hydrogen) atoms. The third-order valence-electron chi connectivity index (χ3n) is 3.11. The van der Waals surface area contributed by atoms with Crippen molar-refractivity contribution in [1.29, 1.82) is 0 Å². The van der Waals surface area contributed by atoms with Crippen LogP contribution in [0.4, 0.5) is 0 Å². The summed E-state index contributed by atoms with van der Waals surface area (Å²) in [7, 11) is 0. The predicted octanol–water partition coefficient (Wildman–Crippen LogP) is 2.90. The quantitative estimate of drug-likeness (QED) is 0.667. The van der Waals surface area contributed by atoms with Crippen molar-refractivity contribution < 1.29 is 0 Å². The number of rotatable bonds is 0. The molecule has 1 heterocycles. The summed E-state index contributed by atoms with van der Waals surface area (Å²) in [5.74, 6) is 0.768. The molecule has 3 heteroatoms. The van der Waals surface area contributed by atoms with Crippen LogP contribution in [0, 0.1) is 5.92 Å². The van der Waals surface area contributed by atoms with Gasteiger partial charge in [-0.2, -0.15) is 0 Å². The third-order valence-corrected chi connectivity index (χ3v) is 4.17. The van der Waals surface area contributed by atoms with E-state index in [1.54, 1.807) is 11.8 Å². The Bertz CT molecular complexity index is 315. The summed E-state index contributed by atoms with van der Waals surface area (Å²) >= 11 is 1.70. The van der Waals surface area contributed by atoms with E-state index in [1.165, 1.54) is 24.1 Å². The summed E-state index contributed by atoms with van der Waals surface area (Å²) in [6.45, 7) is 6.80. The molecule has 1 atom stereocenters. The average Bonchev–Trinajstić information content (AvgIpc) is 2.00. The van der Waals surface area contributed by atoms with E-state index in [0.717, 1.165) is 17.5 Å². The fraction of sp³-hybridized carbons (Fsp3) is 0.727. The summed E-state index contributed by atoms with van der Waals surface area (Å²) in [5, 5.41) is 0.739. The number of aliphatic imine (C=N–C) groups is 1. The molecule has 0 amide bonds. The van der Waals surface area contributed by atoms with Gasteiger partial charge in [-0.15, -0.1) is 0 Å². The van der Waals surface area contributed by atoms with Crippen molar-refractivity contribution in [3.05, 3.63) is 11.3 Å². The summed E-state index contributed by atoms with van der Waals surface area (Å²) < 4.78 is 0.168. The van der Waals surface area contributed by atoms with Crippen molar-refractivity contribution in [3.63, 3.8) is 0 Å². The number of hydrogen-bond acceptors (Lipinski definition) is 3. The maximum Gasteiger partial charge on any atom is 0.159 e. The van der Waals surface area contributed by atoms with Crippen LogP contribution in [0.25, 0.3) is 0 Å². The van der Waals surface area contributed by atoms with Gasteiger partial charge in [-0.1, -0.05) is 18.7 Å². The van der Waals surface area contributed by atoms with Gasteiger partial charge in [-0.3, -0.25) is 0 Å². The largest absolute Gasteiger partial charge is 0.378 e. The highest BCUT2D eigenvalue weighted by atomic mass is 32.2. The maximum absolute atomic E-state index is 5.84. The van der Waals surface area contributed by atoms with Gasteiger partial charge in [-0.25, -0.2) is 4.99 Å². The first-order chi connectivity index (χ1) is 6.49. The van der Waals surface area contributed by atoms with E-state index in [4.69, 9.17) is 5.73 Å². The number of thioether (sulfide) groups is 1. The Morgan fingerprint density at radius 3 is 2.93 bits per heavy atom. The molecule has 0 saturated carbocycles. The predicted molar refractivity (Wildman–Crippen MR) is 63.3 cm³/mol. The van der Waals surface area contributed by atoms with Crippen LogP contribution in [0.5, 0.6) is 0 Å². The molecule has 0 fully saturated rings. The van der Waals surface area contributed by atoms with Crippen LogP contribution >= 0.6 is 11.8 Å². The molecular formula is C11H18N2S. The van der Waals surface area contributed by atoms with Crippen LogP contribution in [-0.4, -0.2) is 9.91 Å². The van der Waals surface area contributed by atoms with Crippen molar-refractivity contribution in [1.82, 2.24) is 0 Å². The van der Waals surface area contributed by atoms with Crippen molar-refractivity contribution in [2.75, 3.05) is 0 Å². The Labute approximate surface area is 90.0 Å². The highest BCUT2D eigenvalue weighted by Gasteiger charge is 2.34. The summed E-state index contributed by atoms with van der Waals surface area (Å²) in [4.78, 5) is 4.49. The monoisotopic (exact) mass is 210 g/mol. The van der Waals surface area contributed by atoms with Gasteiger partial charge >= 0.3 is 0 Å². The van der Waals surface area contributed by atoms with Crippen molar-refractivity contribution in [2.45, 2.75) is 44.8 Å². The molecule has 78 valence electrons. The Morgan fingerprint density at radius 2 is 2.21 bits per heavy atom. The van der Waals surface area contributed by atoms with E-state index in [-0.39, 0.29) is 4.75 Å². The zero-order valence-electron chi connectivity index (χ0n) is 9.13. The highest BCUT2D eigenvalue weighted by Crippen LogP contribution is 2.45. The van der Waals surface area contributed by atoms with Crippen LogP contribution in [-0.2, 0) is 0 Å². The molecular weight excluding hydrogens is 192 g/mol. The highest BCUT2D eigenvalue weighted by molar-refractivity contribution is 8.15.